The zero-order valence-electron chi connectivity index (χ0n) is 7.24. The summed E-state index contributed by atoms with van der Waals surface area (Å²) in [6.07, 6.45) is -1.56. The van der Waals surface area contributed by atoms with E-state index in [-0.39, 0.29) is 18.5 Å². The Morgan fingerprint density at radius 1 is 1.36 bits per heavy atom. The smallest absolute Gasteiger partial charge is 0.150 e. The Balaban J connectivity index is 3.04. The van der Waals surface area contributed by atoms with Crippen LogP contribution in [0.5, 0.6) is 0 Å². The lowest BCUT2D eigenvalue weighted by Crippen LogP contribution is -2.05. The molecule has 2 N–H and O–H groups in total. The van der Waals surface area contributed by atoms with E-state index in [1.165, 1.54) is 0 Å². The van der Waals surface area contributed by atoms with Crippen LogP contribution < -0.4 is 5.73 Å². The van der Waals surface area contributed by atoms with Gasteiger partial charge in [-0.15, -0.1) is 0 Å². The second-order valence-corrected chi connectivity index (χ2v) is 3.19. The van der Waals surface area contributed by atoms with Crippen LogP contribution in [0.15, 0.2) is 12.1 Å². The summed E-state index contributed by atoms with van der Waals surface area (Å²) in [5, 5.41) is -0.679. The first-order chi connectivity index (χ1) is 6.57. The summed E-state index contributed by atoms with van der Waals surface area (Å²) in [6, 6.07) is 1.97. The predicted octanol–water partition coefficient (Wildman–Crippen LogP) is 2.98. The van der Waals surface area contributed by atoms with Crippen LogP contribution in [0.1, 0.15) is 18.2 Å². The molecule has 0 saturated heterocycles. The van der Waals surface area contributed by atoms with E-state index in [0.29, 0.717) is 0 Å². The molecule has 14 heavy (non-hydrogen) atoms. The van der Waals surface area contributed by atoms with E-state index in [2.05, 4.69) is 0 Å². The highest BCUT2D eigenvalue weighted by Crippen LogP contribution is 2.29. The third-order valence-electron chi connectivity index (χ3n) is 1.82. The number of rotatable bonds is 3. The molecule has 0 aliphatic rings. The average Bonchev–Trinajstić information content (AvgIpc) is 2.15. The third kappa shape index (κ3) is 2.19. The summed E-state index contributed by atoms with van der Waals surface area (Å²) in [4.78, 5) is 0. The molecule has 0 spiro atoms. The lowest BCUT2D eigenvalue weighted by molar-refractivity contribution is 0.317. The van der Waals surface area contributed by atoms with Crippen molar-refractivity contribution in [1.82, 2.24) is 0 Å². The van der Waals surface area contributed by atoms with Crippen molar-refractivity contribution in [3.63, 3.8) is 0 Å². The van der Waals surface area contributed by atoms with Crippen LogP contribution in [0, 0.1) is 11.6 Å². The molecule has 1 atom stereocenters. The van der Waals surface area contributed by atoms with Crippen molar-refractivity contribution in [3.8, 4) is 0 Å². The lowest BCUT2D eigenvalue weighted by Gasteiger charge is -2.09. The van der Waals surface area contributed by atoms with Gasteiger partial charge in [0.2, 0.25) is 0 Å². The van der Waals surface area contributed by atoms with Crippen LogP contribution in [-0.4, -0.2) is 6.54 Å². The van der Waals surface area contributed by atoms with E-state index in [1.54, 1.807) is 0 Å². The van der Waals surface area contributed by atoms with Gasteiger partial charge in [-0.3, -0.25) is 0 Å². The van der Waals surface area contributed by atoms with Gasteiger partial charge in [0.05, 0.1) is 0 Å². The van der Waals surface area contributed by atoms with Crippen molar-refractivity contribution in [2.24, 2.45) is 5.73 Å². The summed E-state index contributed by atoms with van der Waals surface area (Å²) in [7, 11) is 0. The Kier molecular flexibility index (Phi) is 3.77. The highest BCUT2D eigenvalue weighted by Gasteiger charge is 2.18. The summed E-state index contributed by atoms with van der Waals surface area (Å²) >= 11 is 5.28. The fourth-order valence-electron chi connectivity index (χ4n) is 1.08. The largest absolute Gasteiger partial charge is 0.330 e. The minimum absolute atomic E-state index is 0.0150. The second-order valence-electron chi connectivity index (χ2n) is 2.81. The van der Waals surface area contributed by atoms with E-state index in [1.807, 2.05) is 0 Å². The number of hydrogen-bond donors (Lipinski definition) is 1. The Morgan fingerprint density at radius 3 is 2.57 bits per heavy atom. The Bertz CT molecular complexity index is 330. The van der Waals surface area contributed by atoms with Gasteiger partial charge in [-0.2, -0.15) is 0 Å². The Labute approximate surface area is 84.7 Å². The maximum Gasteiger partial charge on any atom is 0.150 e. The molecule has 0 aromatic heterocycles. The quantitative estimate of drug-likeness (QED) is 0.784. The molecule has 1 nitrogen and oxygen atoms in total. The van der Waals surface area contributed by atoms with Crippen LogP contribution >= 0.6 is 11.6 Å². The van der Waals surface area contributed by atoms with Crippen LogP contribution in [0.25, 0.3) is 0 Å². The molecule has 1 rings (SSSR count). The molecule has 1 aromatic carbocycles. The topological polar surface area (TPSA) is 26.0 Å². The number of hydrogen-bond acceptors (Lipinski definition) is 1. The molecule has 0 radical (unpaired) electrons. The van der Waals surface area contributed by atoms with Gasteiger partial charge in [-0.1, -0.05) is 17.7 Å². The van der Waals surface area contributed by atoms with Gasteiger partial charge in [0.15, 0.2) is 5.82 Å². The average molecular weight is 224 g/mol. The number of benzene rings is 1. The van der Waals surface area contributed by atoms with Crippen LogP contribution in [0.2, 0.25) is 5.02 Å². The normalized spacial score (nSPS) is 12.9. The molecule has 0 heterocycles. The molecular weight excluding hydrogens is 215 g/mol. The van der Waals surface area contributed by atoms with Crippen molar-refractivity contribution in [1.29, 1.82) is 0 Å². The molecule has 0 saturated carbocycles. The van der Waals surface area contributed by atoms with Crippen LogP contribution in [-0.2, 0) is 0 Å². The number of halogens is 4. The highest BCUT2D eigenvalue weighted by molar-refractivity contribution is 6.30. The second kappa shape index (κ2) is 4.66. The first-order valence-electron chi connectivity index (χ1n) is 4.05. The first-order valence-corrected chi connectivity index (χ1v) is 4.43. The summed E-state index contributed by atoms with van der Waals surface area (Å²) in [6.45, 7) is 0.0929. The maximum atomic E-state index is 13.2. The van der Waals surface area contributed by atoms with E-state index in [4.69, 9.17) is 17.3 Å². The Morgan fingerprint density at radius 2 is 2.00 bits per heavy atom. The van der Waals surface area contributed by atoms with Gasteiger partial charge in [0, 0.05) is 5.56 Å². The van der Waals surface area contributed by atoms with Gasteiger partial charge in [-0.05, 0) is 19.0 Å². The van der Waals surface area contributed by atoms with Crippen molar-refractivity contribution >= 4 is 11.6 Å². The molecule has 78 valence electrons. The van der Waals surface area contributed by atoms with Crippen molar-refractivity contribution in [3.05, 3.63) is 34.4 Å². The van der Waals surface area contributed by atoms with Gasteiger partial charge in [-0.25, -0.2) is 13.2 Å². The highest BCUT2D eigenvalue weighted by atomic mass is 35.5. The molecule has 5 heteroatoms. The molecular formula is C9H9ClF3N. The van der Waals surface area contributed by atoms with E-state index in [0.717, 1.165) is 12.1 Å². The van der Waals surface area contributed by atoms with Crippen molar-refractivity contribution in [2.75, 3.05) is 6.54 Å². The standard InChI is InChI=1S/C9H9ClF3N/c10-8-7(12)2-1-5(9(8)13)6(11)3-4-14/h1-2,6H,3-4,14H2. The van der Waals surface area contributed by atoms with E-state index >= 15 is 0 Å². The van der Waals surface area contributed by atoms with Crippen LogP contribution in [0.3, 0.4) is 0 Å². The fraction of sp³-hybridized carbons (Fsp3) is 0.333. The van der Waals surface area contributed by atoms with Gasteiger partial charge >= 0.3 is 0 Å². The zero-order valence-corrected chi connectivity index (χ0v) is 7.99. The van der Waals surface area contributed by atoms with Crippen LogP contribution in [0.4, 0.5) is 13.2 Å². The zero-order chi connectivity index (χ0) is 10.7. The predicted molar refractivity (Wildman–Crippen MR) is 48.9 cm³/mol. The molecule has 0 aliphatic heterocycles. The van der Waals surface area contributed by atoms with Gasteiger partial charge < -0.3 is 5.73 Å². The first kappa shape index (κ1) is 11.3. The summed E-state index contributed by atoms with van der Waals surface area (Å²) in [5.74, 6) is -1.94. The number of nitrogens with two attached hydrogens (primary N) is 1. The monoisotopic (exact) mass is 223 g/mol. The Hall–Kier alpha value is -0.740. The SMILES string of the molecule is NCCC(F)c1ccc(F)c(Cl)c1F. The van der Waals surface area contributed by atoms with E-state index in [9.17, 15) is 13.2 Å². The molecule has 0 amide bonds. The molecule has 0 aliphatic carbocycles. The number of alkyl halides is 1. The molecule has 0 fully saturated rings. The summed E-state index contributed by atoms with van der Waals surface area (Å²) < 4.78 is 39.1. The van der Waals surface area contributed by atoms with Crippen molar-refractivity contribution in [2.45, 2.75) is 12.6 Å². The molecule has 1 aromatic rings. The van der Waals surface area contributed by atoms with Gasteiger partial charge in [0.1, 0.15) is 17.0 Å². The fourth-order valence-corrected chi connectivity index (χ4v) is 1.26. The van der Waals surface area contributed by atoms with Crippen molar-refractivity contribution < 1.29 is 13.2 Å². The molecule has 0 bridgehead atoms. The third-order valence-corrected chi connectivity index (χ3v) is 2.17. The summed E-state index contributed by atoms with van der Waals surface area (Å²) in [5.41, 5.74) is 4.87. The molecule has 1 unspecified atom stereocenters. The van der Waals surface area contributed by atoms with Gasteiger partial charge in [0.25, 0.3) is 0 Å². The maximum absolute atomic E-state index is 13.2. The lowest BCUT2D eigenvalue weighted by atomic mass is 10.1. The minimum atomic E-state index is -1.54. The van der Waals surface area contributed by atoms with E-state index < -0.39 is 22.8 Å². The minimum Gasteiger partial charge on any atom is -0.330 e.